The number of halogens is 3. The van der Waals surface area contributed by atoms with Gasteiger partial charge < -0.3 is 0 Å². The minimum absolute atomic E-state index is 0.0510. The summed E-state index contributed by atoms with van der Waals surface area (Å²) < 4.78 is 26.4. The Hall–Kier alpha value is -0.670. The topological polar surface area (TPSA) is 19.9 Å². The second-order valence-corrected chi connectivity index (χ2v) is 3.22. The molecule has 0 aliphatic carbocycles. The van der Waals surface area contributed by atoms with E-state index in [4.69, 9.17) is 11.6 Å². The SMILES string of the molecule is [O]CCCc1ccc(CCl)c(F)c1F. The van der Waals surface area contributed by atoms with Gasteiger partial charge in [0.15, 0.2) is 11.6 Å². The van der Waals surface area contributed by atoms with Crippen LogP contribution in [0.1, 0.15) is 17.5 Å². The third-order valence-corrected chi connectivity index (χ3v) is 2.26. The lowest BCUT2D eigenvalue weighted by Gasteiger charge is -2.05. The van der Waals surface area contributed by atoms with Gasteiger partial charge in [0, 0.05) is 5.56 Å². The standard InChI is InChI=1S/C10H10ClF2O/c11-6-8-4-3-7(2-1-5-14)9(12)10(8)13/h3-4H,1-2,5-6H2. The summed E-state index contributed by atoms with van der Waals surface area (Å²) in [7, 11) is 0. The van der Waals surface area contributed by atoms with E-state index in [-0.39, 0.29) is 30.0 Å². The van der Waals surface area contributed by atoms with E-state index in [0.29, 0.717) is 6.42 Å². The summed E-state index contributed by atoms with van der Waals surface area (Å²) in [5.74, 6) is -1.83. The molecule has 0 saturated carbocycles. The average Bonchev–Trinajstić information content (AvgIpc) is 2.20. The molecule has 0 atom stereocenters. The van der Waals surface area contributed by atoms with E-state index in [9.17, 15) is 13.9 Å². The average molecular weight is 220 g/mol. The highest BCUT2D eigenvalue weighted by Crippen LogP contribution is 2.18. The van der Waals surface area contributed by atoms with E-state index in [1.807, 2.05) is 0 Å². The molecule has 0 amide bonds. The van der Waals surface area contributed by atoms with Gasteiger partial charge in [-0.15, -0.1) is 11.6 Å². The van der Waals surface area contributed by atoms with Crippen molar-refractivity contribution in [3.05, 3.63) is 34.9 Å². The van der Waals surface area contributed by atoms with E-state index >= 15 is 0 Å². The molecule has 0 unspecified atom stereocenters. The highest BCUT2D eigenvalue weighted by Gasteiger charge is 2.11. The Bertz CT molecular complexity index is 315. The van der Waals surface area contributed by atoms with Crippen LogP contribution in [0.25, 0.3) is 0 Å². The smallest absolute Gasteiger partial charge is 0.163 e. The van der Waals surface area contributed by atoms with Crippen LogP contribution in [0.2, 0.25) is 0 Å². The van der Waals surface area contributed by atoms with Crippen LogP contribution in [0, 0.1) is 11.6 Å². The number of hydrogen-bond acceptors (Lipinski definition) is 0. The minimum Gasteiger partial charge on any atom is -0.237 e. The number of alkyl halides is 1. The van der Waals surface area contributed by atoms with Crippen LogP contribution in [-0.2, 0) is 17.4 Å². The maximum absolute atomic E-state index is 13.2. The molecule has 0 fully saturated rings. The largest absolute Gasteiger partial charge is 0.237 e. The van der Waals surface area contributed by atoms with Crippen molar-refractivity contribution in [3.63, 3.8) is 0 Å². The van der Waals surface area contributed by atoms with Crippen LogP contribution in [0.5, 0.6) is 0 Å². The molecule has 1 rings (SSSR count). The maximum atomic E-state index is 13.2. The Labute approximate surface area is 86.3 Å². The molecule has 0 spiro atoms. The molecule has 0 N–H and O–H groups in total. The lowest BCUT2D eigenvalue weighted by atomic mass is 10.1. The second kappa shape index (κ2) is 5.27. The summed E-state index contributed by atoms with van der Waals surface area (Å²) in [4.78, 5) is 0. The fourth-order valence-electron chi connectivity index (χ4n) is 1.19. The zero-order valence-electron chi connectivity index (χ0n) is 7.53. The monoisotopic (exact) mass is 219 g/mol. The Morgan fingerprint density at radius 1 is 1.14 bits per heavy atom. The van der Waals surface area contributed by atoms with E-state index in [1.54, 1.807) is 0 Å². The quantitative estimate of drug-likeness (QED) is 0.694. The Morgan fingerprint density at radius 3 is 2.29 bits per heavy atom. The van der Waals surface area contributed by atoms with Gasteiger partial charge in [-0.25, -0.2) is 13.9 Å². The van der Waals surface area contributed by atoms with E-state index in [2.05, 4.69) is 0 Å². The van der Waals surface area contributed by atoms with Crippen LogP contribution in [0.15, 0.2) is 12.1 Å². The molecule has 14 heavy (non-hydrogen) atoms. The summed E-state index contributed by atoms with van der Waals surface area (Å²) in [6, 6.07) is 2.93. The number of benzene rings is 1. The van der Waals surface area contributed by atoms with Gasteiger partial charge in [-0.05, 0) is 18.4 Å². The van der Waals surface area contributed by atoms with Crippen molar-refractivity contribution in [1.29, 1.82) is 0 Å². The molecule has 0 aliphatic heterocycles. The number of hydrogen-bond donors (Lipinski definition) is 0. The Kier molecular flexibility index (Phi) is 4.29. The third kappa shape index (κ3) is 2.42. The molecule has 0 saturated heterocycles. The fourth-order valence-corrected chi connectivity index (χ4v) is 1.39. The molecular formula is C10H10ClF2O. The van der Waals surface area contributed by atoms with Crippen molar-refractivity contribution in [2.45, 2.75) is 18.7 Å². The Balaban J connectivity index is 2.92. The van der Waals surface area contributed by atoms with Gasteiger partial charge in [-0.1, -0.05) is 12.1 Å². The van der Waals surface area contributed by atoms with Gasteiger partial charge in [0.1, 0.15) is 0 Å². The van der Waals surface area contributed by atoms with Crippen LogP contribution >= 0.6 is 11.6 Å². The predicted molar refractivity (Wildman–Crippen MR) is 49.8 cm³/mol. The van der Waals surface area contributed by atoms with Crippen molar-refractivity contribution >= 4 is 11.6 Å². The first-order chi connectivity index (χ1) is 6.70. The molecule has 0 heterocycles. The van der Waals surface area contributed by atoms with Gasteiger partial charge >= 0.3 is 0 Å². The molecule has 4 heteroatoms. The van der Waals surface area contributed by atoms with Crippen LogP contribution in [0.3, 0.4) is 0 Å². The van der Waals surface area contributed by atoms with Gasteiger partial charge in [0.25, 0.3) is 0 Å². The highest BCUT2D eigenvalue weighted by molar-refractivity contribution is 6.17. The van der Waals surface area contributed by atoms with Crippen molar-refractivity contribution in [2.24, 2.45) is 0 Å². The summed E-state index contributed by atoms with van der Waals surface area (Å²) >= 11 is 5.40. The van der Waals surface area contributed by atoms with Crippen molar-refractivity contribution < 1.29 is 13.9 Å². The maximum Gasteiger partial charge on any atom is 0.163 e. The third-order valence-electron chi connectivity index (χ3n) is 1.98. The normalized spacial score (nSPS) is 10.6. The fraction of sp³-hybridized carbons (Fsp3) is 0.400. The van der Waals surface area contributed by atoms with Gasteiger partial charge in [-0.2, -0.15) is 0 Å². The highest BCUT2D eigenvalue weighted by atomic mass is 35.5. The molecule has 0 bridgehead atoms. The van der Waals surface area contributed by atoms with Gasteiger partial charge in [0.05, 0.1) is 12.5 Å². The van der Waals surface area contributed by atoms with Crippen LogP contribution < -0.4 is 0 Å². The number of aryl methyl sites for hydroxylation is 1. The van der Waals surface area contributed by atoms with E-state index < -0.39 is 11.6 Å². The van der Waals surface area contributed by atoms with Crippen LogP contribution in [-0.4, -0.2) is 6.61 Å². The lowest BCUT2D eigenvalue weighted by Crippen LogP contribution is -1.99. The summed E-state index contributed by atoms with van der Waals surface area (Å²) in [5.41, 5.74) is 0.391. The molecule has 1 aromatic rings. The van der Waals surface area contributed by atoms with Crippen molar-refractivity contribution in [2.75, 3.05) is 6.61 Å². The summed E-state index contributed by atoms with van der Waals surface area (Å²) in [5, 5.41) is 10.2. The molecule has 1 radical (unpaired) electrons. The molecule has 1 nitrogen and oxygen atoms in total. The molecular weight excluding hydrogens is 210 g/mol. The first-order valence-corrected chi connectivity index (χ1v) is 4.84. The van der Waals surface area contributed by atoms with Crippen LogP contribution in [0.4, 0.5) is 8.78 Å². The molecule has 1 aromatic carbocycles. The Morgan fingerprint density at radius 2 is 1.71 bits per heavy atom. The lowest BCUT2D eigenvalue weighted by molar-refractivity contribution is 0.189. The first kappa shape index (κ1) is 11.4. The molecule has 77 valence electrons. The van der Waals surface area contributed by atoms with Crippen molar-refractivity contribution in [1.82, 2.24) is 0 Å². The van der Waals surface area contributed by atoms with Gasteiger partial charge in [0.2, 0.25) is 0 Å². The summed E-state index contributed by atoms with van der Waals surface area (Å²) in [6.07, 6.45) is 0.589. The number of rotatable bonds is 4. The summed E-state index contributed by atoms with van der Waals surface area (Å²) in [6.45, 7) is -0.279. The molecule has 0 aliphatic rings. The van der Waals surface area contributed by atoms with E-state index in [0.717, 1.165) is 0 Å². The zero-order valence-corrected chi connectivity index (χ0v) is 8.28. The minimum atomic E-state index is -0.900. The predicted octanol–water partition coefficient (Wildman–Crippen LogP) is 3.07. The molecule has 0 aromatic heterocycles. The van der Waals surface area contributed by atoms with Crippen molar-refractivity contribution in [3.8, 4) is 0 Å². The first-order valence-electron chi connectivity index (χ1n) is 4.30. The van der Waals surface area contributed by atoms with E-state index in [1.165, 1.54) is 12.1 Å². The van der Waals surface area contributed by atoms with Gasteiger partial charge in [-0.3, -0.25) is 0 Å². The zero-order chi connectivity index (χ0) is 10.6. The second-order valence-electron chi connectivity index (χ2n) is 2.95.